The van der Waals surface area contributed by atoms with Gasteiger partial charge in [0.15, 0.2) is 4.34 Å². The molecule has 1 aromatic heterocycles. The smallest absolute Gasteiger partial charge is 0.273 e. The standard InChI is InChI=1S/C14H16N4O3S2/c1-8(2)7-22-14-17-16-13(23-14)15-12(19)10-5-4-9(3)11(6-10)18(20)21/h4-6,8H,7H2,1-3H3,(H,15,16,19). The van der Waals surface area contributed by atoms with Gasteiger partial charge in [0.05, 0.1) is 4.92 Å². The van der Waals surface area contributed by atoms with Crippen LogP contribution in [0.1, 0.15) is 29.8 Å². The second-order valence-corrected chi connectivity index (χ2v) is 7.54. The molecular weight excluding hydrogens is 336 g/mol. The van der Waals surface area contributed by atoms with E-state index < -0.39 is 10.8 Å². The zero-order valence-corrected chi connectivity index (χ0v) is 14.5. The molecule has 1 heterocycles. The Hall–Kier alpha value is -2.00. The molecule has 23 heavy (non-hydrogen) atoms. The van der Waals surface area contributed by atoms with Crippen molar-refractivity contribution >= 4 is 39.8 Å². The van der Waals surface area contributed by atoms with Gasteiger partial charge in [-0.1, -0.05) is 43.0 Å². The first-order valence-corrected chi connectivity index (χ1v) is 8.69. The molecule has 0 bridgehead atoms. The Balaban J connectivity index is 2.07. The maximum absolute atomic E-state index is 12.2. The summed E-state index contributed by atoms with van der Waals surface area (Å²) in [6, 6.07) is 4.37. The van der Waals surface area contributed by atoms with Crippen LogP contribution in [0, 0.1) is 23.0 Å². The van der Waals surface area contributed by atoms with E-state index in [0.29, 0.717) is 16.6 Å². The van der Waals surface area contributed by atoms with E-state index in [4.69, 9.17) is 0 Å². The highest BCUT2D eigenvalue weighted by Crippen LogP contribution is 2.27. The van der Waals surface area contributed by atoms with Gasteiger partial charge in [0.1, 0.15) is 0 Å². The van der Waals surface area contributed by atoms with Crippen LogP contribution in [0.25, 0.3) is 0 Å². The Labute approximate surface area is 141 Å². The molecule has 2 aromatic rings. The van der Waals surface area contributed by atoms with Crippen molar-refractivity contribution in [1.82, 2.24) is 10.2 Å². The lowest BCUT2D eigenvalue weighted by Gasteiger charge is -2.03. The van der Waals surface area contributed by atoms with Crippen LogP contribution >= 0.6 is 23.1 Å². The molecule has 0 aliphatic rings. The van der Waals surface area contributed by atoms with E-state index in [1.165, 1.54) is 17.4 Å². The SMILES string of the molecule is Cc1ccc(C(=O)Nc2nnc(SCC(C)C)s2)cc1[N+](=O)[O-]. The molecule has 0 fully saturated rings. The summed E-state index contributed by atoms with van der Waals surface area (Å²) in [6.45, 7) is 5.85. The van der Waals surface area contributed by atoms with Crippen LogP contribution < -0.4 is 5.32 Å². The van der Waals surface area contributed by atoms with Gasteiger partial charge in [-0.15, -0.1) is 10.2 Å². The number of carbonyl (C=O) groups is 1. The molecule has 1 aromatic carbocycles. The van der Waals surface area contributed by atoms with Crippen LogP contribution in [0.3, 0.4) is 0 Å². The highest BCUT2D eigenvalue weighted by atomic mass is 32.2. The number of aryl methyl sites for hydroxylation is 1. The number of nitrogens with zero attached hydrogens (tertiary/aromatic N) is 3. The lowest BCUT2D eigenvalue weighted by molar-refractivity contribution is -0.385. The number of benzene rings is 1. The summed E-state index contributed by atoms with van der Waals surface area (Å²) in [5, 5.41) is 21.9. The Morgan fingerprint density at radius 3 is 2.83 bits per heavy atom. The van der Waals surface area contributed by atoms with E-state index in [-0.39, 0.29) is 11.3 Å². The van der Waals surface area contributed by atoms with Gasteiger partial charge in [-0.25, -0.2) is 0 Å². The van der Waals surface area contributed by atoms with Crippen LogP contribution in [0.2, 0.25) is 0 Å². The molecule has 0 aliphatic carbocycles. The lowest BCUT2D eigenvalue weighted by Crippen LogP contribution is -2.12. The summed E-state index contributed by atoms with van der Waals surface area (Å²) >= 11 is 2.87. The number of hydrogen-bond donors (Lipinski definition) is 1. The van der Waals surface area contributed by atoms with E-state index in [1.54, 1.807) is 30.8 Å². The molecule has 0 saturated carbocycles. The predicted molar refractivity (Wildman–Crippen MR) is 91.3 cm³/mol. The number of nitro groups is 1. The fraction of sp³-hybridized carbons (Fsp3) is 0.357. The third-order valence-electron chi connectivity index (χ3n) is 2.84. The van der Waals surface area contributed by atoms with Gasteiger partial charge in [-0.2, -0.15) is 0 Å². The first-order valence-electron chi connectivity index (χ1n) is 6.89. The van der Waals surface area contributed by atoms with Gasteiger partial charge in [0, 0.05) is 22.9 Å². The molecule has 1 N–H and O–H groups in total. The van der Waals surface area contributed by atoms with Crippen molar-refractivity contribution < 1.29 is 9.72 Å². The molecular formula is C14H16N4O3S2. The van der Waals surface area contributed by atoms with E-state index in [2.05, 4.69) is 29.4 Å². The van der Waals surface area contributed by atoms with E-state index in [1.807, 2.05) is 0 Å². The maximum atomic E-state index is 12.2. The van der Waals surface area contributed by atoms with Gasteiger partial charge in [0.2, 0.25) is 5.13 Å². The third kappa shape index (κ3) is 4.73. The number of amides is 1. The number of anilines is 1. The molecule has 0 unspecified atom stereocenters. The number of nitrogens with one attached hydrogen (secondary N) is 1. The highest BCUT2D eigenvalue weighted by molar-refractivity contribution is 8.01. The fourth-order valence-electron chi connectivity index (χ4n) is 1.67. The van der Waals surface area contributed by atoms with Crippen molar-refractivity contribution in [3.05, 3.63) is 39.4 Å². The molecule has 0 spiro atoms. The summed E-state index contributed by atoms with van der Waals surface area (Å²) in [5.74, 6) is 1.02. The molecule has 0 atom stereocenters. The lowest BCUT2D eigenvalue weighted by atomic mass is 10.1. The second-order valence-electron chi connectivity index (χ2n) is 5.29. The van der Waals surface area contributed by atoms with Crippen molar-refractivity contribution in [2.24, 2.45) is 5.92 Å². The van der Waals surface area contributed by atoms with Crippen LogP contribution in [0.4, 0.5) is 10.8 Å². The normalized spacial score (nSPS) is 10.8. The predicted octanol–water partition coefficient (Wildman–Crippen LogP) is 3.76. The van der Waals surface area contributed by atoms with Gasteiger partial charge < -0.3 is 0 Å². The Kier molecular flexibility index (Phi) is 5.67. The van der Waals surface area contributed by atoms with Crippen molar-refractivity contribution in [1.29, 1.82) is 0 Å². The van der Waals surface area contributed by atoms with E-state index >= 15 is 0 Å². The zero-order chi connectivity index (χ0) is 17.0. The summed E-state index contributed by atoms with van der Waals surface area (Å²) in [5.41, 5.74) is 0.645. The minimum Gasteiger partial charge on any atom is -0.296 e. The minimum absolute atomic E-state index is 0.0805. The Bertz CT molecular complexity index is 731. The first kappa shape index (κ1) is 17.4. The van der Waals surface area contributed by atoms with E-state index in [0.717, 1.165) is 10.1 Å². The molecule has 1 amide bonds. The monoisotopic (exact) mass is 352 g/mol. The van der Waals surface area contributed by atoms with Crippen LogP contribution in [-0.4, -0.2) is 26.8 Å². The van der Waals surface area contributed by atoms with Gasteiger partial charge in [0.25, 0.3) is 11.6 Å². The molecule has 0 aliphatic heterocycles. The summed E-state index contributed by atoms with van der Waals surface area (Å²) < 4.78 is 0.781. The first-order chi connectivity index (χ1) is 10.9. The number of rotatable bonds is 6. The fourth-order valence-corrected chi connectivity index (χ4v) is 3.40. The number of carbonyl (C=O) groups excluding carboxylic acids is 1. The van der Waals surface area contributed by atoms with Gasteiger partial charge in [-0.3, -0.25) is 20.2 Å². The van der Waals surface area contributed by atoms with Crippen molar-refractivity contribution in [3.8, 4) is 0 Å². The number of nitro benzene ring substituents is 1. The van der Waals surface area contributed by atoms with Gasteiger partial charge >= 0.3 is 0 Å². The van der Waals surface area contributed by atoms with Gasteiger partial charge in [-0.05, 0) is 18.9 Å². The molecule has 9 heteroatoms. The quantitative estimate of drug-likeness (QED) is 0.368. The number of aromatic nitrogens is 2. The average Bonchev–Trinajstić information content (AvgIpc) is 2.92. The number of hydrogen-bond acceptors (Lipinski definition) is 7. The average molecular weight is 352 g/mol. The third-order valence-corrected chi connectivity index (χ3v) is 5.23. The molecule has 122 valence electrons. The summed E-state index contributed by atoms with van der Waals surface area (Å²) in [6.07, 6.45) is 0. The Morgan fingerprint density at radius 1 is 1.43 bits per heavy atom. The van der Waals surface area contributed by atoms with Crippen LogP contribution in [-0.2, 0) is 0 Å². The van der Waals surface area contributed by atoms with Crippen molar-refractivity contribution in [3.63, 3.8) is 0 Å². The zero-order valence-electron chi connectivity index (χ0n) is 12.9. The Morgan fingerprint density at radius 2 is 2.17 bits per heavy atom. The van der Waals surface area contributed by atoms with E-state index in [9.17, 15) is 14.9 Å². The molecule has 0 saturated heterocycles. The molecule has 0 radical (unpaired) electrons. The maximum Gasteiger partial charge on any atom is 0.273 e. The molecule has 2 rings (SSSR count). The highest BCUT2D eigenvalue weighted by Gasteiger charge is 2.16. The topological polar surface area (TPSA) is 98.0 Å². The summed E-state index contributed by atoms with van der Waals surface area (Å²) in [7, 11) is 0. The van der Waals surface area contributed by atoms with Crippen molar-refractivity contribution in [2.45, 2.75) is 25.1 Å². The number of thioether (sulfide) groups is 1. The minimum atomic E-state index is -0.502. The van der Waals surface area contributed by atoms with Crippen molar-refractivity contribution in [2.75, 3.05) is 11.1 Å². The summed E-state index contributed by atoms with van der Waals surface area (Å²) in [4.78, 5) is 22.6. The second kappa shape index (κ2) is 7.51. The molecule has 7 nitrogen and oxygen atoms in total. The van der Waals surface area contributed by atoms with Crippen LogP contribution in [0.15, 0.2) is 22.5 Å². The largest absolute Gasteiger partial charge is 0.296 e. The van der Waals surface area contributed by atoms with Crippen LogP contribution in [0.5, 0.6) is 0 Å².